The number of nitrogens with zero attached hydrogens (tertiary/aromatic N) is 1. The van der Waals surface area contributed by atoms with Gasteiger partial charge in [0.05, 0.1) is 16.7 Å². The summed E-state index contributed by atoms with van der Waals surface area (Å²) in [6, 6.07) is 3.36. The summed E-state index contributed by atoms with van der Waals surface area (Å²) in [5.74, 6) is -1.51. The molecule has 1 N–H and O–H groups in total. The van der Waals surface area contributed by atoms with Gasteiger partial charge in [0.2, 0.25) is 0 Å². The molecule has 1 unspecified atom stereocenters. The molecule has 1 saturated heterocycles. The molecule has 38 heavy (non-hydrogen) atoms. The van der Waals surface area contributed by atoms with Crippen LogP contribution in [0.3, 0.4) is 0 Å². The Labute approximate surface area is 213 Å². The number of aliphatic carboxylic acids is 1. The van der Waals surface area contributed by atoms with Crippen molar-refractivity contribution < 1.29 is 49.4 Å². The summed E-state index contributed by atoms with van der Waals surface area (Å²) in [7, 11) is 0. The predicted octanol–water partition coefficient (Wildman–Crippen LogP) is 8.51. The van der Waals surface area contributed by atoms with Crippen LogP contribution in [0.4, 0.5) is 39.5 Å². The van der Waals surface area contributed by atoms with E-state index < -0.39 is 64.8 Å². The zero-order chi connectivity index (χ0) is 28.5. The van der Waals surface area contributed by atoms with E-state index in [1.807, 2.05) is 0 Å². The summed E-state index contributed by atoms with van der Waals surface area (Å²) in [5.41, 5.74) is -3.65. The van der Waals surface area contributed by atoms with E-state index in [-0.39, 0.29) is 32.2 Å². The van der Waals surface area contributed by atoms with Crippen LogP contribution in [0, 0.1) is 5.92 Å². The first-order chi connectivity index (χ1) is 17.5. The summed E-state index contributed by atoms with van der Waals surface area (Å²) in [5, 5.41) is 9.25. The quantitative estimate of drug-likeness (QED) is 0.348. The van der Waals surface area contributed by atoms with Gasteiger partial charge in [-0.05, 0) is 73.2 Å². The first kappa shape index (κ1) is 29.8. The third-order valence-electron chi connectivity index (χ3n) is 6.84. The van der Waals surface area contributed by atoms with E-state index in [0.29, 0.717) is 30.2 Å². The van der Waals surface area contributed by atoms with Crippen LogP contribution >= 0.6 is 0 Å². The maximum Gasteiger partial charge on any atom is 0.416 e. The maximum absolute atomic E-state index is 14.0. The molecule has 0 aliphatic carbocycles. The molecule has 2 aromatic rings. The number of carboxylic acids is 1. The van der Waals surface area contributed by atoms with Gasteiger partial charge in [0, 0.05) is 18.5 Å². The normalized spacial score (nSPS) is 20.4. The van der Waals surface area contributed by atoms with Gasteiger partial charge in [-0.2, -0.15) is 39.5 Å². The number of carbonyl (C=O) groups is 1. The van der Waals surface area contributed by atoms with Crippen molar-refractivity contribution in [3.63, 3.8) is 0 Å². The topological polar surface area (TPSA) is 40.5 Å². The third-order valence-corrected chi connectivity index (χ3v) is 6.84. The summed E-state index contributed by atoms with van der Waals surface area (Å²) in [6.07, 6.45) is -14.0. The minimum atomic E-state index is -4.95. The van der Waals surface area contributed by atoms with E-state index in [2.05, 4.69) is 0 Å². The molecule has 3 nitrogen and oxygen atoms in total. The Hall–Kier alpha value is -2.76. The molecule has 1 heterocycles. The Morgan fingerprint density at radius 3 is 2.00 bits per heavy atom. The standard InChI is InChI=1S/C26H26F9NO2/c1-2-3-21(19-14-18(25(30,31)32)8-9-20(19)26(33,34)35)36-11-10-15(13-23(37)38)12-22(36)16-4-6-17(7-5-16)24(27,28)29/h4-9,14-15,21-22H,2-3,10-13H2,1H3,(H,37,38)/t15-,21?,22+/m0/s1. The van der Waals surface area contributed by atoms with Crippen LogP contribution < -0.4 is 0 Å². The highest BCUT2D eigenvalue weighted by Gasteiger charge is 2.42. The zero-order valence-electron chi connectivity index (χ0n) is 20.2. The molecule has 2 aromatic carbocycles. The van der Waals surface area contributed by atoms with E-state index >= 15 is 0 Å². The first-order valence-electron chi connectivity index (χ1n) is 11.9. The van der Waals surface area contributed by atoms with Crippen LogP contribution in [-0.4, -0.2) is 22.5 Å². The number of benzene rings is 2. The summed E-state index contributed by atoms with van der Waals surface area (Å²) < 4.78 is 122. The highest BCUT2D eigenvalue weighted by Crippen LogP contribution is 2.47. The average molecular weight is 555 g/mol. The number of rotatable bonds is 7. The van der Waals surface area contributed by atoms with Crippen molar-refractivity contribution in [2.24, 2.45) is 5.92 Å². The molecule has 1 fully saturated rings. The summed E-state index contributed by atoms with van der Waals surface area (Å²) in [4.78, 5) is 12.9. The van der Waals surface area contributed by atoms with Crippen LogP contribution in [0.15, 0.2) is 42.5 Å². The largest absolute Gasteiger partial charge is 0.481 e. The van der Waals surface area contributed by atoms with E-state index in [0.717, 1.165) is 12.1 Å². The van der Waals surface area contributed by atoms with E-state index in [1.54, 1.807) is 11.8 Å². The van der Waals surface area contributed by atoms with Crippen LogP contribution in [-0.2, 0) is 23.3 Å². The fraction of sp³-hybridized carbons (Fsp3) is 0.500. The van der Waals surface area contributed by atoms with Gasteiger partial charge < -0.3 is 5.11 Å². The van der Waals surface area contributed by atoms with Gasteiger partial charge >= 0.3 is 24.5 Å². The van der Waals surface area contributed by atoms with Gasteiger partial charge in [-0.15, -0.1) is 0 Å². The van der Waals surface area contributed by atoms with E-state index in [1.165, 1.54) is 12.1 Å². The minimum absolute atomic E-state index is 0.0467. The number of hydrogen-bond acceptors (Lipinski definition) is 2. The second-order valence-corrected chi connectivity index (χ2v) is 9.46. The van der Waals surface area contributed by atoms with Crippen molar-refractivity contribution in [2.45, 2.75) is 69.6 Å². The predicted molar refractivity (Wildman–Crippen MR) is 120 cm³/mol. The fourth-order valence-corrected chi connectivity index (χ4v) is 5.13. The lowest BCUT2D eigenvalue weighted by Gasteiger charge is -2.45. The van der Waals surface area contributed by atoms with Crippen LogP contribution in [0.1, 0.15) is 78.9 Å². The maximum atomic E-state index is 14.0. The van der Waals surface area contributed by atoms with Gasteiger partial charge in [-0.1, -0.05) is 25.5 Å². The number of alkyl halides is 9. The van der Waals surface area contributed by atoms with Gasteiger partial charge in [-0.3, -0.25) is 9.69 Å². The second-order valence-electron chi connectivity index (χ2n) is 9.46. The zero-order valence-corrected chi connectivity index (χ0v) is 20.2. The molecule has 0 spiro atoms. The first-order valence-corrected chi connectivity index (χ1v) is 11.9. The van der Waals surface area contributed by atoms with Crippen LogP contribution in [0.5, 0.6) is 0 Å². The Morgan fingerprint density at radius 2 is 1.50 bits per heavy atom. The van der Waals surface area contributed by atoms with Crippen molar-refractivity contribution >= 4 is 5.97 Å². The Balaban J connectivity index is 2.14. The molecule has 0 radical (unpaired) electrons. The summed E-state index contributed by atoms with van der Waals surface area (Å²) >= 11 is 0. The molecule has 0 bridgehead atoms. The van der Waals surface area contributed by atoms with Gasteiger partial charge in [0.15, 0.2) is 0 Å². The number of carboxylic acid groups (broad SMARTS) is 1. The van der Waals surface area contributed by atoms with Crippen molar-refractivity contribution in [2.75, 3.05) is 6.54 Å². The smallest absolute Gasteiger partial charge is 0.416 e. The molecule has 3 rings (SSSR count). The highest BCUT2D eigenvalue weighted by atomic mass is 19.4. The number of hydrogen-bond donors (Lipinski definition) is 1. The van der Waals surface area contributed by atoms with E-state index in [4.69, 9.17) is 0 Å². The Bertz CT molecular complexity index is 1110. The summed E-state index contributed by atoms with van der Waals surface area (Å²) in [6.45, 7) is 1.72. The molecule has 0 aromatic heterocycles. The lowest BCUT2D eigenvalue weighted by Crippen LogP contribution is -2.40. The number of likely N-dealkylation sites (tertiary alicyclic amines) is 1. The lowest BCUT2D eigenvalue weighted by atomic mass is 9.82. The van der Waals surface area contributed by atoms with E-state index in [9.17, 15) is 49.4 Å². The van der Waals surface area contributed by atoms with Crippen LogP contribution in [0.2, 0.25) is 0 Å². The highest BCUT2D eigenvalue weighted by molar-refractivity contribution is 5.67. The monoisotopic (exact) mass is 555 g/mol. The van der Waals surface area contributed by atoms with Crippen molar-refractivity contribution in [3.8, 4) is 0 Å². The number of halogens is 9. The Kier molecular flexibility index (Phi) is 8.74. The van der Waals surface area contributed by atoms with Crippen molar-refractivity contribution in [3.05, 3.63) is 70.3 Å². The average Bonchev–Trinajstić information content (AvgIpc) is 2.80. The van der Waals surface area contributed by atoms with Crippen molar-refractivity contribution in [1.82, 2.24) is 4.90 Å². The molecule has 1 aliphatic rings. The number of piperidine rings is 1. The molecular weight excluding hydrogens is 529 g/mol. The molecule has 12 heteroatoms. The second kappa shape index (κ2) is 11.2. The third kappa shape index (κ3) is 7.00. The molecular formula is C26H26F9NO2. The van der Waals surface area contributed by atoms with Gasteiger partial charge in [-0.25, -0.2) is 0 Å². The SMILES string of the molecule is CCCC(c1cc(C(F)(F)F)ccc1C(F)(F)F)N1CC[C@H](CC(=O)O)C[C@@H]1c1ccc(C(F)(F)F)cc1. The Morgan fingerprint density at radius 1 is 0.921 bits per heavy atom. The van der Waals surface area contributed by atoms with Gasteiger partial charge in [0.25, 0.3) is 0 Å². The minimum Gasteiger partial charge on any atom is -0.481 e. The molecule has 1 aliphatic heterocycles. The molecule has 210 valence electrons. The molecule has 0 amide bonds. The lowest BCUT2D eigenvalue weighted by molar-refractivity contribution is -0.142. The molecule has 3 atom stereocenters. The van der Waals surface area contributed by atoms with Gasteiger partial charge in [0.1, 0.15) is 0 Å². The van der Waals surface area contributed by atoms with Crippen molar-refractivity contribution in [1.29, 1.82) is 0 Å². The fourth-order valence-electron chi connectivity index (χ4n) is 5.13. The molecule has 0 saturated carbocycles. The van der Waals surface area contributed by atoms with Crippen LogP contribution in [0.25, 0.3) is 0 Å².